The molecule has 0 aliphatic carbocycles. The van der Waals surface area contributed by atoms with Crippen molar-refractivity contribution < 1.29 is 8.42 Å². The summed E-state index contributed by atoms with van der Waals surface area (Å²) >= 11 is 0. The van der Waals surface area contributed by atoms with Crippen LogP contribution >= 0.6 is 0 Å². The molecule has 2 N–H and O–H groups in total. The highest BCUT2D eigenvalue weighted by molar-refractivity contribution is 7.88. The van der Waals surface area contributed by atoms with Crippen LogP contribution in [0.25, 0.3) is 0 Å². The molecule has 2 rings (SSSR count). The highest BCUT2D eigenvalue weighted by Crippen LogP contribution is 2.19. The van der Waals surface area contributed by atoms with E-state index in [4.69, 9.17) is 5.73 Å². The molecule has 0 bridgehead atoms. The number of nitrogen functional groups attached to an aromatic ring is 1. The van der Waals surface area contributed by atoms with Crippen molar-refractivity contribution in [2.75, 3.05) is 25.1 Å². The van der Waals surface area contributed by atoms with Crippen LogP contribution in [0.1, 0.15) is 12.8 Å². The Bertz CT molecular complexity index is 611. The first-order valence-corrected chi connectivity index (χ1v) is 7.99. The standard InChI is InChI=1S/C11H18N4O3S/c1-19(17,18)14-4-2-3-9(7-14)8-15-11(16)5-10(12)6-13-15/h5-6,9H,2-4,7-8,12H2,1H3. The van der Waals surface area contributed by atoms with Gasteiger partial charge in [0, 0.05) is 25.7 Å². The number of aromatic nitrogens is 2. The summed E-state index contributed by atoms with van der Waals surface area (Å²) in [7, 11) is -3.16. The first kappa shape index (κ1) is 14.0. The predicted molar refractivity (Wildman–Crippen MR) is 72.1 cm³/mol. The molecular formula is C11H18N4O3S. The molecule has 0 saturated carbocycles. The molecule has 7 nitrogen and oxygen atoms in total. The Hall–Kier alpha value is -1.41. The van der Waals surface area contributed by atoms with Gasteiger partial charge in [0.25, 0.3) is 5.56 Å². The molecule has 1 aromatic rings. The van der Waals surface area contributed by atoms with Crippen LogP contribution in [0.2, 0.25) is 0 Å². The van der Waals surface area contributed by atoms with E-state index in [-0.39, 0.29) is 11.5 Å². The first-order valence-electron chi connectivity index (χ1n) is 6.14. The van der Waals surface area contributed by atoms with Gasteiger partial charge < -0.3 is 5.73 Å². The zero-order chi connectivity index (χ0) is 14.0. The van der Waals surface area contributed by atoms with E-state index in [1.807, 2.05) is 0 Å². The third kappa shape index (κ3) is 3.54. The van der Waals surface area contributed by atoms with Crippen molar-refractivity contribution in [3.63, 3.8) is 0 Å². The monoisotopic (exact) mass is 286 g/mol. The van der Waals surface area contributed by atoms with Crippen molar-refractivity contribution >= 4 is 15.7 Å². The van der Waals surface area contributed by atoms with Gasteiger partial charge in [-0.1, -0.05) is 0 Å². The Morgan fingerprint density at radius 1 is 1.53 bits per heavy atom. The van der Waals surface area contributed by atoms with E-state index in [0.29, 0.717) is 25.3 Å². The Kier molecular flexibility index (Phi) is 3.91. The number of anilines is 1. The van der Waals surface area contributed by atoms with Gasteiger partial charge in [-0.15, -0.1) is 0 Å². The van der Waals surface area contributed by atoms with E-state index in [9.17, 15) is 13.2 Å². The van der Waals surface area contributed by atoms with Crippen molar-refractivity contribution in [1.29, 1.82) is 0 Å². The van der Waals surface area contributed by atoms with Crippen LogP contribution in [0, 0.1) is 5.92 Å². The summed E-state index contributed by atoms with van der Waals surface area (Å²) < 4.78 is 25.8. The molecule has 1 atom stereocenters. The molecule has 1 unspecified atom stereocenters. The number of sulfonamides is 1. The van der Waals surface area contributed by atoms with Crippen LogP contribution in [0.5, 0.6) is 0 Å². The number of nitrogens with zero attached hydrogens (tertiary/aromatic N) is 3. The van der Waals surface area contributed by atoms with Gasteiger partial charge in [-0.2, -0.15) is 5.10 Å². The van der Waals surface area contributed by atoms with Gasteiger partial charge in [0.2, 0.25) is 10.0 Å². The lowest BCUT2D eigenvalue weighted by Crippen LogP contribution is -2.41. The molecule has 1 aromatic heterocycles. The zero-order valence-electron chi connectivity index (χ0n) is 10.8. The first-order chi connectivity index (χ1) is 8.86. The predicted octanol–water partition coefficient (Wildman–Crippen LogP) is -0.503. The van der Waals surface area contributed by atoms with Gasteiger partial charge in [-0.05, 0) is 18.8 Å². The molecule has 2 heterocycles. The van der Waals surface area contributed by atoms with Gasteiger partial charge in [-0.3, -0.25) is 4.79 Å². The van der Waals surface area contributed by atoms with Gasteiger partial charge in [-0.25, -0.2) is 17.4 Å². The van der Waals surface area contributed by atoms with Crippen molar-refractivity contribution in [3.8, 4) is 0 Å². The summed E-state index contributed by atoms with van der Waals surface area (Å²) in [6, 6.07) is 1.32. The van der Waals surface area contributed by atoms with Crippen molar-refractivity contribution in [3.05, 3.63) is 22.6 Å². The maximum atomic E-state index is 11.7. The van der Waals surface area contributed by atoms with Crippen LogP contribution in [0.4, 0.5) is 5.69 Å². The van der Waals surface area contributed by atoms with Crippen LogP contribution in [-0.4, -0.2) is 41.8 Å². The Morgan fingerprint density at radius 2 is 2.26 bits per heavy atom. The van der Waals surface area contributed by atoms with E-state index in [1.54, 1.807) is 0 Å². The summed E-state index contributed by atoms with van der Waals surface area (Å²) in [6.45, 7) is 1.42. The van der Waals surface area contributed by atoms with E-state index >= 15 is 0 Å². The minimum atomic E-state index is -3.16. The Morgan fingerprint density at radius 3 is 2.89 bits per heavy atom. The maximum absolute atomic E-state index is 11.7. The summed E-state index contributed by atoms with van der Waals surface area (Å²) in [4.78, 5) is 11.7. The summed E-state index contributed by atoms with van der Waals surface area (Å²) in [6.07, 6.45) is 4.34. The summed E-state index contributed by atoms with van der Waals surface area (Å²) in [5.74, 6) is 0.109. The zero-order valence-corrected chi connectivity index (χ0v) is 11.6. The molecule has 1 aliphatic heterocycles. The molecule has 0 radical (unpaired) electrons. The van der Waals surface area contributed by atoms with Crippen molar-refractivity contribution in [2.24, 2.45) is 5.92 Å². The third-order valence-electron chi connectivity index (χ3n) is 3.27. The number of hydrogen-bond donors (Lipinski definition) is 1. The summed E-state index contributed by atoms with van der Waals surface area (Å²) in [5, 5.41) is 3.97. The molecule has 0 amide bonds. The fourth-order valence-corrected chi connectivity index (χ4v) is 3.25. The summed E-state index contributed by atoms with van der Waals surface area (Å²) in [5.41, 5.74) is 5.56. The van der Waals surface area contributed by atoms with E-state index < -0.39 is 10.0 Å². The van der Waals surface area contributed by atoms with Crippen LogP contribution < -0.4 is 11.3 Å². The fraction of sp³-hybridized carbons (Fsp3) is 0.636. The topological polar surface area (TPSA) is 98.3 Å². The van der Waals surface area contributed by atoms with Crippen molar-refractivity contribution in [2.45, 2.75) is 19.4 Å². The number of nitrogens with two attached hydrogens (primary N) is 1. The molecule has 1 fully saturated rings. The molecule has 0 aromatic carbocycles. The quantitative estimate of drug-likeness (QED) is 0.807. The molecule has 1 aliphatic rings. The molecule has 0 spiro atoms. The molecular weight excluding hydrogens is 268 g/mol. The van der Waals surface area contributed by atoms with Gasteiger partial charge in [0.05, 0.1) is 18.1 Å². The van der Waals surface area contributed by atoms with E-state index in [1.165, 1.54) is 27.5 Å². The van der Waals surface area contributed by atoms with Gasteiger partial charge in [0.1, 0.15) is 0 Å². The molecule has 1 saturated heterocycles. The average molecular weight is 286 g/mol. The lowest BCUT2D eigenvalue weighted by molar-refractivity contribution is 0.238. The molecule has 8 heteroatoms. The highest BCUT2D eigenvalue weighted by atomic mass is 32.2. The number of hydrogen-bond acceptors (Lipinski definition) is 5. The van der Waals surface area contributed by atoms with Gasteiger partial charge >= 0.3 is 0 Å². The van der Waals surface area contributed by atoms with Crippen LogP contribution in [0.3, 0.4) is 0 Å². The second-order valence-electron chi connectivity index (χ2n) is 4.94. The Balaban J connectivity index is 2.09. The number of rotatable bonds is 3. The van der Waals surface area contributed by atoms with Crippen molar-refractivity contribution in [1.82, 2.24) is 14.1 Å². The SMILES string of the molecule is CS(=O)(=O)N1CCCC(Cn2ncc(N)cc2=O)C1. The minimum absolute atomic E-state index is 0.109. The number of piperidine rings is 1. The van der Waals surface area contributed by atoms with Crippen LogP contribution in [-0.2, 0) is 16.6 Å². The molecule has 19 heavy (non-hydrogen) atoms. The maximum Gasteiger partial charge on any atom is 0.268 e. The highest BCUT2D eigenvalue weighted by Gasteiger charge is 2.26. The minimum Gasteiger partial charge on any atom is -0.397 e. The lowest BCUT2D eigenvalue weighted by Gasteiger charge is -2.30. The molecule has 106 valence electrons. The van der Waals surface area contributed by atoms with E-state index in [2.05, 4.69) is 5.10 Å². The average Bonchev–Trinajstić information content (AvgIpc) is 2.32. The van der Waals surface area contributed by atoms with E-state index in [0.717, 1.165) is 12.8 Å². The third-order valence-corrected chi connectivity index (χ3v) is 4.54. The lowest BCUT2D eigenvalue weighted by atomic mass is 10.00. The second kappa shape index (κ2) is 5.30. The fourth-order valence-electron chi connectivity index (χ4n) is 2.31. The Labute approximate surface area is 112 Å². The normalized spacial score (nSPS) is 21.4. The smallest absolute Gasteiger partial charge is 0.268 e. The second-order valence-corrected chi connectivity index (χ2v) is 6.92. The largest absolute Gasteiger partial charge is 0.397 e. The van der Waals surface area contributed by atoms with Gasteiger partial charge in [0.15, 0.2) is 0 Å². The van der Waals surface area contributed by atoms with Crippen LogP contribution in [0.15, 0.2) is 17.1 Å².